The molecule has 5 heteroatoms. The van der Waals surface area contributed by atoms with Gasteiger partial charge in [0.15, 0.2) is 0 Å². The third-order valence-electron chi connectivity index (χ3n) is 2.86. The van der Waals surface area contributed by atoms with Crippen LogP contribution in [0.3, 0.4) is 0 Å². The summed E-state index contributed by atoms with van der Waals surface area (Å²) in [5, 5.41) is 17.8. The summed E-state index contributed by atoms with van der Waals surface area (Å²) >= 11 is 0. The van der Waals surface area contributed by atoms with Crippen molar-refractivity contribution < 1.29 is 15.0 Å². The standard InChI is InChI=1S/C11H14N2O3/c14-7-8-3-4-13(6-8)10-2-1-9(5-12-10)11(15)16/h1-2,5,8,14H,3-4,6-7H2,(H,15,16)/t8-/m0/s1. The lowest BCUT2D eigenvalue weighted by Crippen LogP contribution is -2.21. The molecule has 1 aromatic heterocycles. The maximum atomic E-state index is 10.6. The first-order chi connectivity index (χ1) is 7.70. The van der Waals surface area contributed by atoms with Crippen molar-refractivity contribution in [2.24, 2.45) is 5.92 Å². The largest absolute Gasteiger partial charge is 0.478 e. The highest BCUT2D eigenvalue weighted by molar-refractivity contribution is 5.87. The van der Waals surface area contributed by atoms with Crippen LogP contribution in [0.4, 0.5) is 5.82 Å². The van der Waals surface area contributed by atoms with Gasteiger partial charge in [0.2, 0.25) is 0 Å². The molecule has 1 aromatic rings. The lowest BCUT2D eigenvalue weighted by atomic mass is 10.1. The van der Waals surface area contributed by atoms with Gasteiger partial charge in [0.1, 0.15) is 5.82 Å². The van der Waals surface area contributed by atoms with Crippen molar-refractivity contribution in [2.75, 3.05) is 24.6 Å². The van der Waals surface area contributed by atoms with Crippen LogP contribution in [-0.2, 0) is 0 Å². The molecule has 1 atom stereocenters. The second-order valence-electron chi connectivity index (χ2n) is 3.99. The number of pyridine rings is 1. The second kappa shape index (κ2) is 4.49. The summed E-state index contributed by atoms with van der Waals surface area (Å²) < 4.78 is 0. The van der Waals surface area contributed by atoms with E-state index in [9.17, 15) is 4.79 Å². The average molecular weight is 222 g/mol. The molecule has 0 aliphatic carbocycles. The van der Waals surface area contributed by atoms with Gasteiger partial charge >= 0.3 is 5.97 Å². The van der Waals surface area contributed by atoms with Gasteiger partial charge < -0.3 is 15.1 Å². The zero-order valence-corrected chi connectivity index (χ0v) is 8.83. The van der Waals surface area contributed by atoms with Crippen LogP contribution in [0.5, 0.6) is 0 Å². The van der Waals surface area contributed by atoms with Crippen LogP contribution in [0.25, 0.3) is 0 Å². The molecule has 0 amide bonds. The fourth-order valence-corrected chi connectivity index (χ4v) is 1.89. The number of aromatic carboxylic acids is 1. The maximum Gasteiger partial charge on any atom is 0.337 e. The molecule has 1 aliphatic heterocycles. The highest BCUT2D eigenvalue weighted by Gasteiger charge is 2.22. The average Bonchev–Trinajstić information content (AvgIpc) is 2.77. The molecule has 86 valence electrons. The SMILES string of the molecule is O=C(O)c1ccc(N2CC[C@H](CO)C2)nc1. The van der Waals surface area contributed by atoms with Gasteiger partial charge in [-0.2, -0.15) is 0 Å². The maximum absolute atomic E-state index is 10.6. The summed E-state index contributed by atoms with van der Waals surface area (Å²) in [5.41, 5.74) is 0.196. The minimum atomic E-state index is -0.964. The Bertz CT molecular complexity index is 377. The second-order valence-corrected chi connectivity index (χ2v) is 3.99. The van der Waals surface area contributed by atoms with Crippen molar-refractivity contribution in [3.63, 3.8) is 0 Å². The van der Waals surface area contributed by atoms with Gasteiger partial charge in [0.25, 0.3) is 0 Å². The summed E-state index contributed by atoms with van der Waals surface area (Å²) in [6, 6.07) is 3.26. The number of aliphatic hydroxyl groups is 1. The molecule has 2 N–H and O–H groups in total. The van der Waals surface area contributed by atoms with E-state index >= 15 is 0 Å². The van der Waals surface area contributed by atoms with E-state index in [0.29, 0.717) is 5.92 Å². The topological polar surface area (TPSA) is 73.7 Å². The van der Waals surface area contributed by atoms with Gasteiger partial charge in [-0.15, -0.1) is 0 Å². The molecule has 16 heavy (non-hydrogen) atoms. The number of carboxylic acids is 1. The molecular weight excluding hydrogens is 208 g/mol. The number of aromatic nitrogens is 1. The van der Waals surface area contributed by atoms with E-state index in [4.69, 9.17) is 10.2 Å². The van der Waals surface area contributed by atoms with Crippen LogP contribution in [0, 0.1) is 5.92 Å². The van der Waals surface area contributed by atoms with Gasteiger partial charge in [0.05, 0.1) is 5.56 Å². The molecule has 0 unspecified atom stereocenters. The van der Waals surface area contributed by atoms with Gasteiger partial charge in [-0.25, -0.2) is 9.78 Å². The minimum absolute atomic E-state index is 0.196. The van der Waals surface area contributed by atoms with Crippen molar-refractivity contribution in [3.05, 3.63) is 23.9 Å². The van der Waals surface area contributed by atoms with E-state index in [0.717, 1.165) is 25.3 Å². The van der Waals surface area contributed by atoms with E-state index in [1.54, 1.807) is 12.1 Å². The minimum Gasteiger partial charge on any atom is -0.478 e. The summed E-state index contributed by atoms with van der Waals surface area (Å²) in [7, 11) is 0. The van der Waals surface area contributed by atoms with Crippen LogP contribution < -0.4 is 4.90 Å². The van der Waals surface area contributed by atoms with Gasteiger partial charge in [-0.1, -0.05) is 0 Å². The normalized spacial score (nSPS) is 20.1. The molecule has 1 aliphatic rings. The molecule has 2 heterocycles. The fourth-order valence-electron chi connectivity index (χ4n) is 1.89. The van der Waals surface area contributed by atoms with Crippen LogP contribution in [0.2, 0.25) is 0 Å². The zero-order chi connectivity index (χ0) is 11.5. The number of rotatable bonds is 3. The fraction of sp³-hybridized carbons (Fsp3) is 0.455. The number of carbonyl (C=O) groups is 1. The number of hydrogen-bond donors (Lipinski definition) is 2. The Morgan fingerprint density at radius 3 is 2.88 bits per heavy atom. The molecule has 5 nitrogen and oxygen atoms in total. The molecule has 0 bridgehead atoms. The Hall–Kier alpha value is -1.62. The Labute approximate surface area is 93.3 Å². The first kappa shape index (κ1) is 10.9. The highest BCUT2D eigenvalue weighted by Crippen LogP contribution is 2.21. The quantitative estimate of drug-likeness (QED) is 0.783. The Morgan fingerprint density at radius 2 is 2.38 bits per heavy atom. The van der Waals surface area contributed by atoms with Crippen molar-refractivity contribution in [2.45, 2.75) is 6.42 Å². The molecule has 1 saturated heterocycles. The molecule has 2 rings (SSSR count). The van der Waals surface area contributed by atoms with E-state index in [1.807, 2.05) is 0 Å². The van der Waals surface area contributed by atoms with E-state index in [2.05, 4.69) is 9.88 Å². The number of nitrogens with zero attached hydrogens (tertiary/aromatic N) is 2. The predicted octanol–water partition coefficient (Wildman–Crippen LogP) is 0.598. The highest BCUT2D eigenvalue weighted by atomic mass is 16.4. The Morgan fingerprint density at radius 1 is 1.56 bits per heavy atom. The number of anilines is 1. The molecule has 1 fully saturated rings. The molecular formula is C11H14N2O3. The lowest BCUT2D eigenvalue weighted by molar-refractivity contribution is 0.0696. The first-order valence-electron chi connectivity index (χ1n) is 5.26. The van der Waals surface area contributed by atoms with Crippen molar-refractivity contribution in [3.8, 4) is 0 Å². The molecule has 0 spiro atoms. The number of carboxylic acid groups (broad SMARTS) is 1. The van der Waals surface area contributed by atoms with Crippen LogP contribution >= 0.6 is 0 Å². The van der Waals surface area contributed by atoms with Crippen molar-refractivity contribution >= 4 is 11.8 Å². The summed E-state index contributed by atoms with van der Waals surface area (Å²) in [6.45, 7) is 1.85. The number of hydrogen-bond acceptors (Lipinski definition) is 4. The predicted molar refractivity (Wildman–Crippen MR) is 58.6 cm³/mol. The van der Waals surface area contributed by atoms with Gasteiger partial charge in [-0.3, -0.25) is 0 Å². The van der Waals surface area contributed by atoms with Crippen LogP contribution in [-0.4, -0.2) is 40.9 Å². The van der Waals surface area contributed by atoms with Gasteiger partial charge in [-0.05, 0) is 18.6 Å². The summed E-state index contributed by atoms with van der Waals surface area (Å²) in [6.07, 6.45) is 2.32. The van der Waals surface area contributed by atoms with E-state index in [1.165, 1.54) is 6.20 Å². The van der Waals surface area contributed by atoms with E-state index < -0.39 is 5.97 Å². The van der Waals surface area contributed by atoms with Gasteiger partial charge in [0, 0.05) is 31.8 Å². The van der Waals surface area contributed by atoms with Crippen molar-refractivity contribution in [1.29, 1.82) is 0 Å². The van der Waals surface area contributed by atoms with Crippen LogP contribution in [0.1, 0.15) is 16.8 Å². The molecule has 0 saturated carbocycles. The van der Waals surface area contributed by atoms with Crippen LogP contribution in [0.15, 0.2) is 18.3 Å². The molecule has 0 radical (unpaired) electrons. The lowest BCUT2D eigenvalue weighted by Gasteiger charge is -2.16. The summed E-state index contributed by atoms with van der Waals surface area (Å²) in [4.78, 5) is 16.8. The molecule has 0 aromatic carbocycles. The smallest absolute Gasteiger partial charge is 0.337 e. The first-order valence-corrected chi connectivity index (χ1v) is 5.26. The Balaban J connectivity index is 2.08. The number of aliphatic hydroxyl groups excluding tert-OH is 1. The zero-order valence-electron chi connectivity index (χ0n) is 8.83. The van der Waals surface area contributed by atoms with Crippen molar-refractivity contribution in [1.82, 2.24) is 4.98 Å². The summed E-state index contributed by atoms with van der Waals surface area (Å²) in [5.74, 6) is 0.121. The van der Waals surface area contributed by atoms with E-state index in [-0.39, 0.29) is 12.2 Å². The third-order valence-corrected chi connectivity index (χ3v) is 2.86. The monoisotopic (exact) mass is 222 g/mol. The Kier molecular flexibility index (Phi) is 3.05. The third kappa shape index (κ3) is 2.14.